The first-order valence-corrected chi connectivity index (χ1v) is 6.44. The zero-order valence-corrected chi connectivity index (χ0v) is 11.6. The lowest BCUT2D eigenvalue weighted by atomic mass is 9.96. The van der Waals surface area contributed by atoms with E-state index >= 15 is 0 Å². The van der Waals surface area contributed by atoms with E-state index in [-0.39, 0.29) is 17.9 Å². The van der Waals surface area contributed by atoms with Crippen LogP contribution in [0.15, 0.2) is 12.1 Å². The molecule has 1 N–H and O–H groups in total. The smallest absolute Gasteiger partial charge is 0.161 e. The predicted molar refractivity (Wildman–Crippen MR) is 71.5 cm³/mol. The van der Waals surface area contributed by atoms with Crippen LogP contribution < -0.4 is 9.47 Å². The summed E-state index contributed by atoms with van der Waals surface area (Å²) < 4.78 is 11.7. The van der Waals surface area contributed by atoms with Crippen molar-refractivity contribution in [3.8, 4) is 11.5 Å². The van der Waals surface area contributed by atoms with E-state index < -0.39 is 0 Å². The zero-order valence-electron chi connectivity index (χ0n) is 11.6. The molecule has 0 amide bonds. The second-order valence-electron chi connectivity index (χ2n) is 5.98. The lowest BCUT2D eigenvalue weighted by Gasteiger charge is -2.19. The number of benzene rings is 1. The number of hydrogen-bond acceptors (Lipinski definition) is 3. The molecule has 0 radical (unpaired) electrons. The third-order valence-corrected chi connectivity index (χ3v) is 3.37. The van der Waals surface area contributed by atoms with Crippen molar-refractivity contribution in [3.05, 3.63) is 23.3 Å². The molecular weight excluding hydrogens is 228 g/mol. The fourth-order valence-electron chi connectivity index (χ4n) is 2.12. The van der Waals surface area contributed by atoms with Gasteiger partial charge < -0.3 is 14.6 Å². The summed E-state index contributed by atoms with van der Waals surface area (Å²) in [6, 6.07) is 4.02. The van der Waals surface area contributed by atoms with Crippen molar-refractivity contribution in [2.24, 2.45) is 5.41 Å². The van der Waals surface area contributed by atoms with Crippen LogP contribution in [0.1, 0.15) is 37.8 Å². The molecule has 1 aromatic rings. The Balaban J connectivity index is 2.35. The predicted octanol–water partition coefficient (Wildman–Crippen LogP) is 2.89. The van der Waals surface area contributed by atoms with Gasteiger partial charge in [-0.25, -0.2) is 0 Å². The molecule has 3 nitrogen and oxygen atoms in total. The summed E-state index contributed by atoms with van der Waals surface area (Å²) in [5.74, 6) is 1.73. The largest absolute Gasteiger partial charge is 0.489 e. The maximum Gasteiger partial charge on any atom is 0.161 e. The molecule has 0 saturated carbocycles. The summed E-state index contributed by atoms with van der Waals surface area (Å²) in [4.78, 5) is 0. The van der Waals surface area contributed by atoms with Crippen LogP contribution in [0.5, 0.6) is 11.5 Å². The molecule has 1 heterocycles. The number of fused-ring (bicyclic) bond motifs is 1. The summed E-state index contributed by atoms with van der Waals surface area (Å²) >= 11 is 0. The Morgan fingerprint density at radius 1 is 1.22 bits per heavy atom. The first-order chi connectivity index (χ1) is 8.43. The fraction of sp³-hybridized carbons (Fsp3) is 0.600. The molecule has 18 heavy (non-hydrogen) atoms. The molecule has 0 spiro atoms. The number of rotatable bonds is 2. The molecule has 1 aliphatic heterocycles. The first kappa shape index (κ1) is 13.2. The minimum atomic E-state index is 0.0235. The highest BCUT2D eigenvalue weighted by molar-refractivity contribution is 5.48. The maximum atomic E-state index is 9.28. The normalized spacial score (nSPS) is 19.2. The molecule has 1 unspecified atom stereocenters. The molecular formula is C15H22O3. The van der Waals surface area contributed by atoms with Crippen LogP contribution in [0.25, 0.3) is 0 Å². The highest BCUT2D eigenvalue weighted by Gasteiger charge is 2.26. The lowest BCUT2D eigenvalue weighted by Crippen LogP contribution is -2.26. The van der Waals surface area contributed by atoms with E-state index in [4.69, 9.17) is 9.47 Å². The summed E-state index contributed by atoms with van der Waals surface area (Å²) in [7, 11) is 0. The van der Waals surface area contributed by atoms with Crippen molar-refractivity contribution >= 4 is 0 Å². The van der Waals surface area contributed by atoms with Crippen LogP contribution in [0.3, 0.4) is 0 Å². The third-order valence-electron chi connectivity index (χ3n) is 3.37. The monoisotopic (exact) mass is 250 g/mol. The van der Waals surface area contributed by atoms with E-state index in [2.05, 4.69) is 13.8 Å². The molecule has 1 atom stereocenters. The molecule has 0 fully saturated rings. The van der Waals surface area contributed by atoms with Crippen molar-refractivity contribution < 1.29 is 14.6 Å². The highest BCUT2D eigenvalue weighted by Crippen LogP contribution is 2.37. The minimum absolute atomic E-state index is 0.0235. The van der Waals surface area contributed by atoms with Crippen molar-refractivity contribution in [1.82, 2.24) is 0 Å². The van der Waals surface area contributed by atoms with Gasteiger partial charge >= 0.3 is 0 Å². The van der Waals surface area contributed by atoms with Crippen LogP contribution in [0.4, 0.5) is 0 Å². The average Bonchev–Trinajstić information content (AvgIpc) is 2.47. The summed E-state index contributed by atoms with van der Waals surface area (Å²) in [5, 5.41) is 9.28. The fourth-order valence-corrected chi connectivity index (χ4v) is 2.12. The van der Waals surface area contributed by atoms with Gasteiger partial charge in [-0.05, 0) is 30.2 Å². The van der Waals surface area contributed by atoms with Gasteiger partial charge in [0.25, 0.3) is 0 Å². The van der Waals surface area contributed by atoms with Crippen LogP contribution in [-0.2, 0) is 0 Å². The van der Waals surface area contributed by atoms with Gasteiger partial charge in [-0.1, -0.05) is 20.8 Å². The SMILES string of the molecule is Cc1cc2c(cc1C(C)CO)OCC(C)(C)CO2. The van der Waals surface area contributed by atoms with Crippen molar-refractivity contribution in [3.63, 3.8) is 0 Å². The standard InChI is InChI=1S/C15H22O3/c1-10-5-13-14(6-12(10)11(2)7-16)18-9-15(3,4)8-17-13/h5-6,11,16H,7-9H2,1-4H3. The van der Waals surface area contributed by atoms with Gasteiger partial charge in [-0.3, -0.25) is 0 Å². The van der Waals surface area contributed by atoms with Crippen LogP contribution in [0, 0.1) is 12.3 Å². The zero-order chi connectivity index (χ0) is 13.3. The average molecular weight is 250 g/mol. The maximum absolute atomic E-state index is 9.28. The third kappa shape index (κ3) is 2.61. The van der Waals surface area contributed by atoms with Crippen molar-refractivity contribution in [2.75, 3.05) is 19.8 Å². The molecule has 0 aliphatic carbocycles. The Morgan fingerprint density at radius 3 is 2.33 bits per heavy atom. The van der Waals surface area contributed by atoms with E-state index in [0.717, 1.165) is 22.6 Å². The molecule has 3 heteroatoms. The minimum Gasteiger partial charge on any atom is -0.489 e. The van der Waals surface area contributed by atoms with Gasteiger partial charge in [0.2, 0.25) is 0 Å². The Labute approximate surface area is 109 Å². The molecule has 0 bridgehead atoms. The van der Waals surface area contributed by atoms with Gasteiger partial charge in [0, 0.05) is 17.9 Å². The number of aliphatic hydroxyl groups excluding tert-OH is 1. The number of hydrogen-bond donors (Lipinski definition) is 1. The number of ether oxygens (including phenoxy) is 2. The van der Waals surface area contributed by atoms with Crippen molar-refractivity contribution in [1.29, 1.82) is 0 Å². The summed E-state index contributed by atoms with van der Waals surface area (Å²) in [6.07, 6.45) is 0. The highest BCUT2D eigenvalue weighted by atomic mass is 16.5. The Hall–Kier alpha value is -1.22. The van der Waals surface area contributed by atoms with Gasteiger partial charge in [0.1, 0.15) is 0 Å². The molecule has 2 rings (SSSR count). The van der Waals surface area contributed by atoms with Gasteiger partial charge in [-0.15, -0.1) is 0 Å². The van der Waals surface area contributed by atoms with Gasteiger partial charge in [0.15, 0.2) is 11.5 Å². The second-order valence-corrected chi connectivity index (χ2v) is 5.98. The van der Waals surface area contributed by atoms with E-state index in [0.29, 0.717) is 13.2 Å². The van der Waals surface area contributed by atoms with Crippen molar-refractivity contribution in [2.45, 2.75) is 33.6 Å². The van der Waals surface area contributed by atoms with E-state index in [1.165, 1.54) is 0 Å². The van der Waals surface area contributed by atoms with E-state index in [1.807, 2.05) is 26.0 Å². The lowest BCUT2D eigenvalue weighted by molar-refractivity contribution is 0.140. The number of aliphatic hydroxyl groups is 1. The van der Waals surface area contributed by atoms with Crippen LogP contribution in [-0.4, -0.2) is 24.9 Å². The summed E-state index contributed by atoms with van der Waals surface area (Å²) in [5.41, 5.74) is 2.29. The molecule has 0 saturated heterocycles. The molecule has 100 valence electrons. The molecule has 1 aliphatic rings. The van der Waals surface area contributed by atoms with E-state index in [1.54, 1.807) is 0 Å². The van der Waals surface area contributed by atoms with Crippen LogP contribution in [0.2, 0.25) is 0 Å². The first-order valence-electron chi connectivity index (χ1n) is 6.44. The van der Waals surface area contributed by atoms with Gasteiger partial charge in [-0.2, -0.15) is 0 Å². The Kier molecular flexibility index (Phi) is 3.53. The topological polar surface area (TPSA) is 38.7 Å². The Bertz CT molecular complexity index is 438. The van der Waals surface area contributed by atoms with Gasteiger partial charge in [0.05, 0.1) is 13.2 Å². The summed E-state index contributed by atoms with van der Waals surface area (Å²) in [6.45, 7) is 9.76. The number of aryl methyl sites for hydroxylation is 1. The quantitative estimate of drug-likeness (QED) is 0.877. The Morgan fingerprint density at radius 2 is 1.78 bits per heavy atom. The van der Waals surface area contributed by atoms with Crippen LogP contribution >= 0.6 is 0 Å². The molecule has 1 aromatic carbocycles. The van der Waals surface area contributed by atoms with E-state index in [9.17, 15) is 5.11 Å². The second kappa shape index (κ2) is 4.81. The molecule has 0 aromatic heterocycles.